The Morgan fingerprint density at radius 2 is 1.74 bits per heavy atom. The maximum absolute atomic E-state index is 11.7. The van der Waals surface area contributed by atoms with Crippen molar-refractivity contribution in [2.45, 2.75) is 77.9 Å². The summed E-state index contributed by atoms with van der Waals surface area (Å²) in [6, 6.07) is 13.6. The standard InChI is InChI=1S/C31H35BrN2O5/c1-19(29(35)36)14-22-16-28(34(33-22)23-8-6-5-7-9-23)20-10-12-24(13-11-20)39-18-21-15-25(30(37)38)27(32)17-26(21)31(2,3)4/h10-17,23H,5-9,18H2,1-4H3,(H,35,36)(H,37,38)/b19-14+. The van der Waals surface area contributed by atoms with Gasteiger partial charge >= 0.3 is 11.9 Å². The molecule has 0 spiro atoms. The van der Waals surface area contributed by atoms with Gasteiger partial charge in [-0.3, -0.25) is 4.68 Å². The molecule has 1 aliphatic carbocycles. The van der Waals surface area contributed by atoms with Crippen LogP contribution in [0.25, 0.3) is 17.3 Å². The lowest BCUT2D eigenvalue weighted by Gasteiger charge is -2.24. The number of aromatic carboxylic acids is 1. The van der Waals surface area contributed by atoms with Gasteiger partial charge in [-0.15, -0.1) is 0 Å². The predicted octanol–water partition coefficient (Wildman–Crippen LogP) is 7.88. The molecule has 0 saturated heterocycles. The first-order valence-corrected chi connectivity index (χ1v) is 14.0. The molecule has 1 heterocycles. The number of nitrogens with zero attached hydrogens (tertiary/aromatic N) is 2. The molecule has 0 amide bonds. The molecule has 1 aromatic heterocycles. The Bertz CT molecular complexity index is 1390. The van der Waals surface area contributed by atoms with Crippen LogP contribution in [0.5, 0.6) is 5.75 Å². The van der Waals surface area contributed by atoms with Crippen LogP contribution in [0, 0.1) is 0 Å². The Morgan fingerprint density at radius 3 is 2.33 bits per heavy atom. The van der Waals surface area contributed by atoms with Crippen molar-refractivity contribution in [3.8, 4) is 17.0 Å². The van der Waals surface area contributed by atoms with Crippen molar-refractivity contribution in [3.05, 3.63) is 74.9 Å². The van der Waals surface area contributed by atoms with E-state index in [1.165, 1.54) is 6.42 Å². The minimum atomic E-state index is -0.990. The van der Waals surface area contributed by atoms with Gasteiger partial charge in [-0.2, -0.15) is 5.10 Å². The van der Waals surface area contributed by atoms with Gasteiger partial charge in [-0.25, -0.2) is 9.59 Å². The highest BCUT2D eigenvalue weighted by Gasteiger charge is 2.23. The SMILES string of the molecule is C/C(=C\c1cc(-c2ccc(OCc3cc(C(=O)O)c(Br)cc3C(C)(C)C)cc2)n(C2CCCCC2)n1)C(=O)O. The van der Waals surface area contributed by atoms with E-state index in [1.807, 2.05) is 36.4 Å². The van der Waals surface area contributed by atoms with Crippen LogP contribution in [0.2, 0.25) is 0 Å². The first-order valence-electron chi connectivity index (χ1n) is 13.2. The zero-order chi connectivity index (χ0) is 28.3. The molecule has 2 aromatic carbocycles. The van der Waals surface area contributed by atoms with E-state index in [2.05, 4.69) is 41.4 Å². The van der Waals surface area contributed by atoms with E-state index in [1.54, 1.807) is 19.1 Å². The van der Waals surface area contributed by atoms with Gasteiger partial charge in [-0.05, 0) is 101 Å². The highest BCUT2D eigenvalue weighted by molar-refractivity contribution is 9.10. The Kier molecular flexibility index (Phi) is 8.64. The molecule has 1 aliphatic rings. The van der Waals surface area contributed by atoms with E-state index >= 15 is 0 Å². The van der Waals surface area contributed by atoms with E-state index in [4.69, 9.17) is 9.84 Å². The number of carboxylic acids is 2. The highest BCUT2D eigenvalue weighted by Crippen LogP contribution is 2.35. The van der Waals surface area contributed by atoms with Crippen LogP contribution >= 0.6 is 15.9 Å². The van der Waals surface area contributed by atoms with Crippen molar-refractivity contribution < 1.29 is 24.5 Å². The van der Waals surface area contributed by atoms with Crippen molar-refractivity contribution in [1.82, 2.24) is 9.78 Å². The third kappa shape index (κ3) is 6.79. The van der Waals surface area contributed by atoms with Crippen LogP contribution in [-0.2, 0) is 16.8 Å². The molecule has 0 aliphatic heterocycles. The number of halogens is 1. The largest absolute Gasteiger partial charge is 0.489 e. The number of aromatic nitrogens is 2. The Balaban J connectivity index is 1.61. The minimum Gasteiger partial charge on any atom is -0.489 e. The summed E-state index contributed by atoms with van der Waals surface area (Å²) in [5, 5.41) is 23.7. The van der Waals surface area contributed by atoms with Gasteiger partial charge < -0.3 is 14.9 Å². The number of aliphatic carboxylic acids is 1. The summed E-state index contributed by atoms with van der Waals surface area (Å²) in [5.74, 6) is -1.28. The van der Waals surface area contributed by atoms with Crippen LogP contribution in [-0.4, -0.2) is 31.9 Å². The fourth-order valence-electron chi connectivity index (χ4n) is 5.07. The molecule has 0 bridgehead atoms. The monoisotopic (exact) mass is 594 g/mol. The molecule has 3 aromatic rings. The molecule has 0 atom stereocenters. The average Bonchev–Trinajstić information content (AvgIpc) is 3.31. The molecule has 4 rings (SSSR count). The molecule has 8 heteroatoms. The Hall–Kier alpha value is -3.39. The summed E-state index contributed by atoms with van der Waals surface area (Å²) in [4.78, 5) is 23.1. The molecule has 0 unspecified atom stereocenters. The molecular formula is C31H35BrN2O5. The third-order valence-corrected chi connectivity index (χ3v) is 7.81. The second-order valence-electron chi connectivity index (χ2n) is 11.2. The van der Waals surface area contributed by atoms with Gasteiger partial charge in [0.25, 0.3) is 0 Å². The molecule has 0 radical (unpaired) electrons. The molecule has 39 heavy (non-hydrogen) atoms. The Labute approximate surface area is 237 Å². The van der Waals surface area contributed by atoms with Crippen LogP contribution in [0.15, 0.2) is 52.5 Å². The first kappa shape index (κ1) is 28.6. The second-order valence-corrected chi connectivity index (χ2v) is 12.0. The summed E-state index contributed by atoms with van der Waals surface area (Å²) in [7, 11) is 0. The normalized spacial score (nSPS) is 14.8. The van der Waals surface area contributed by atoms with Gasteiger partial charge in [0.1, 0.15) is 12.4 Å². The first-order chi connectivity index (χ1) is 18.4. The van der Waals surface area contributed by atoms with E-state index in [-0.39, 0.29) is 29.2 Å². The van der Waals surface area contributed by atoms with Crippen molar-refractivity contribution >= 4 is 33.9 Å². The van der Waals surface area contributed by atoms with E-state index in [0.29, 0.717) is 15.9 Å². The average molecular weight is 596 g/mol. The van der Waals surface area contributed by atoms with Crippen molar-refractivity contribution in [1.29, 1.82) is 0 Å². The Morgan fingerprint density at radius 1 is 1.08 bits per heavy atom. The zero-order valence-corrected chi connectivity index (χ0v) is 24.4. The maximum Gasteiger partial charge on any atom is 0.336 e. The van der Waals surface area contributed by atoms with Gasteiger partial charge in [0.2, 0.25) is 0 Å². The highest BCUT2D eigenvalue weighted by atomic mass is 79.9. The lowest BCUT2D eigenvalue weighted by Crippen LogP contribution is -2.17. The van der Waals surface area contributed by atoms with Gasteiger partial charge in [0, 0.05) is 15.6 Å². The number of hydrogen-bond acceptors (Lipinski definition) is 4. The van der Waals surface area contributed by atoms with Crippen LogP contribution in [0.1, 0.15) is 93.0 Å². The predicted molar refractivity (Wildman–Crippen MR) is 155 cm³/mol. The quantitative estimate of drug-likeness (QED) is 0.257. The smallest absolute Gasteiger partial charge is 0.336 e. The van der Waals surface area contributed by atoms with Gasteiger partial charge in [0.15, 0.2) is 0 Å². The molecular weight excluding hydrogens is 560 g/mol. The number of carboxylic acid groups (broad SMARTS) is 2. The van der Waals surface area contributed by atoms with Gasteiger partial charge in [-0.1, -0.05) is 40.0 Å². The number of rotatable bonds is 8. The summed E-state index contributed by atoms with van der Waals surface area (Å²) in [6.45, 7) is 8.08. The van der Waals surface area contributed by atoms with Crippen molar-refractivity contribution in [3.63, 3.8) is 0 Å². The van der Waals surface area contributed by atoms with Crippen molar-refractivity contribution in [2.24, 2.45) is 0 Å². The number of carbonyl (C=O) groups is 2. The molecule has 7 nitrogen and oxygen atoms in total. The third-order valence-electron chi connectivity index (χ3n) is 7.15. The second kappa shape index (κ2) is 11.8. The fraction of sp³-hybridized carbons (Fsp3) is 0.387. The summed E-state index contributed by atoms with van der Waals surface area (Å²) in [5.41, 5.74) is 4.66. The fourth-order valence-corrected chi connectivity index (χ4v) is 5.58. The number of ether oxygens (including phenoxy) is 1. The molecule has 1 fully saturated rings. The summed E-state index contributed by atoms with van der Waals surface area (Å²) < 4.78 is 8.73. The van der Waals surface area contributed by atoms with Crippen LogP contribution < -0.4 is 4.74 Å². The van der Waals surface area contributed by atoms with Crippen molar-refractivity contribution in [2.75, 3.05) is 0 Å². The van der Waals surface area contributed by atoms with E-state index in [9.17, 15) is 19.8 Å². The number of benzene rings is 2. The lowest BCUT2D eigenvalue weighted by atomic mass is 9.83. The van der Waals surface area contributed by atoms with Crippen LogP contribution in [0.4, 0.5) is 0 Å². The summed E-state index contributed by atoms with van der Waals surface area (Å²) >= 11 is 3.40. The van der Waals surface area contributed by atoms with E-state index in [0.717, 1.165) is 48.1 Å². The minimum absolute atomic E-state index is 0.190. The van der Waals surface area contributed by atoms with E-state index < -0.39 is 11.9 Å². The number of hydrogen-bond donors (Lipinski definition) is 2. The van der Waals surface area contributed by atoms with Crippen LogP contribution in [0.3, 0.4) is 0 Å². The lowest BCUT2D eigenvalue weighted by molar-refractivity contribution is -0.132. The molecule has 1 saturated carbocycles. The summed E-state index contributed by atoms with van der Waals surface area (Å²) in [6.07, 6.45) is 7.27. The maximum atomic E-state index is 11.7. The van der Waals surface area contributed by atoms with Gasteiger partial charge in [0.05, 0.1) is 23.0 Å². The molecule has 2 N–H and O–H groups in total. The zero-order valence-electron chi connectivity index (χ0n) is 22.8. The topological polar surface area (TPSA) is 102 Å². The molecule has 206 valence electrons.